The molecule has 0 fully saturated rings. The minimum absolute atomic E-state index is 0.0472. The van der Waals surface area contributed by atoms with E-state index in [2.05, 4.69) is 29.3 Å². The number of para-hydroxylation sites is 1. The quantitative estimate of drug-likeness (QED) is 0.325. The molecular formula is C27H18N2O3. The molecule has 0 N–H and O–H groups in total. The normalized spacial score (nSPS) is 17.4. The number of carbonyl (C=O) groups excluding carboxylic acids is 2. The molecule has 0 bridgehead atoms. The molecule has 0 saturated carbocycles. The summed E-state index contributed by atoms with van der Waals surface area (Å²) in [5.74, 6) is -1.21. The Morgan fingerprint density at radius 3 is 2.12 bits per heavy atom. The molecule has 0 aliphatic carbocycles. The number of hydrazone groups is 1. The van der Waals surface area contributed by atoms with E-state index < -0.39 is 11.9 Å². The minimum atomic E-state index is -0.605. The zero-order valence-electron chi connectivity index (χ0n) is 17.1. The molecule has 6 rings (SSSR count). The highest BCUT2D eigenvalue weighted by molar-refractivity contribution is 6.24. The zero-order valence-corrected chi connectivity index (χ0v) is 17.1. The second-order valence-corrected chi connectivity index (χ2v) is 7.92. The molecule has 5 nitrogen and oxygen atoms in total. The van der Waals surface area contributed by atoms with Gasteiger partial charge in [-0.25, -0.2) is 9.59 Å². The topological polar surface area (TPSA) is 59.0 Å². The number of rotatable bonds is 3. The summed E-state index contributed by atoms with van der Waals surface area (Å²) >= 11 is 0. The second-order valence-electron chi connectivity index (χ2n) is 7.92. The average molecular weight is 418 g/mol. The van der Waals surface area contributed by atoms with Crippen molar-refractivity contribution in [3.8, 4) is 0 Å². The van der Waals surface area contributed by atoms with Crippen LogP contribution in [0.3, 0.4) is 0 Å². The fraction of sp³-hybridized carbons (Fsp3) is 0.0741. The van der Waals surface area contributed by atoms with Gasteiger partial charge in [-0.05, 0) is 35.2 Å². The van der Waals surface area contributed by atoms with Gasteiger partial charge in [-0.1, -0.05) is 66.7 Å². The number of nitrogens with zero attached hydrogens (tertiary/aromatic N) is 2. The van der Waals surface area contributed by atoms with Gasteiger partial charge in [-0.3, -0.25) is 5.01 Å². The van der Waals surface area contributed by atoms with Crippen LogP contribution in [0.1, 0.15) is 44.3 Å². The number of benzene rings is 4. The highest BCUT2D eigenvalue weighted by atomic mass is 16.6. The van der Waals surface area contributed by atoms with Crippen molar-refractivity contribution in [3.05, 3.63) is 113 Å². The van der Waals surface area contributed by atoms with Gasteiger partial charge < -0.3 is 4.74 Å². The highest BCUT2D eigenvalue weighted by Crippen LogP contribution is 2.39. The SMILES string of the molecule is O=C1OC(=O)c2ccc(C3=NN(c4ccccc4)[C@H](c4ccccc4)C3)c3cccc1c23. The fourth-order valence-corrected chi connectivity index (χ4v) is 4.62. The molecule has 0 radical (unpaired) electrons. The van der Waals surface area contributed by atoms with Crippen molar-refractivity contribution in [2.45, 2.75) is 12.5 Å². The Hall–Kier alpha value is -4.25. The first kappa shape index (κ1) is 18.5. The molecule has 4 aromatic carbocycles. The molecule has 2 aliphatic heterocycles. The predicted molar refractivity (Wildman–Crippen MR) is 123 cm³/mol. The van der Waals surface area contributed by atoms with E-state index in [1.54, 1.807) is 12.1 Å². The fourth-order valence-electron chi connectivity index (χ4n) is 4.62. The van der Waals surface area contributed by atoms with Gasteiger partial charge in [0.1, 0.15) is 0 Å². The Morgan fingerprint density at radius 2 is 1.38 bits per heavy atom. The zero-order chi connectivity index (χ0) is 21.7. The molecule has 2 heterocycles. The van der Waals surface area contributed by atoms with Gasteiger partial charge in [-0.2, -0.15) is 5.10 Å². The van der Waals surface area contributed by atoms with E-state index in [9.17, 15) is 9.59 Å². The molecular weight excluding hydrogens is 400 g/mol. The smallest absolute Gasteiger partial charge is 0.346 e. The lowest BCUT2D eigenvalue weighted by Gasteiger charge is -2.23. The van der Waals surface area contributed by atoms with Gasteiger partial charge in [0.25, 0.3) is 0 Å². The van der Waals surface area contributed by atoms with Gasteiger partial charge in [0, 0.05) is 17.4 Å². The first-order valence-corrected chi connectivity index (χ1v) is 10.5. The van der Waals surface area contributed by atoms with Crippen molar-refractivity contribution in [2.75, 3.05) is 5.01 Å². The van der Waals surface area contributed by atoms with Crippen LogP contribution in [0.5, 0.6) is 0 Å². The minimum Gasteiger partial charge on any atom is -0.386 e. The Morgan fingerprint density at radius 1 is 0.719 bits per heavy atom. The van der Waals surface area contributed by atoms with Crippen LogP contribution >= 0.6 is 0 Å². The van der Waals surface area contributed by atoms with Gasteiger partial charge in [0.05, 0.1) is 28.6 Å². The highest BCUT2D eigenvalue weighted by Gasteiger charge is 2.33. The lowest BCUT2D eigenvalue weighted by atomic mass is 9.90. The monoisotopic (exact) mass is 418 g/mol. The number of hydrogen-bond donors (Lipinski definition) is 0. The summed E-state index contributed by atoms with van der Waals surface area (Å²) in [6, 6.07) is 29.6. The first-order chi connectivity index (χ1) is 15.7. The number of carbonyl (C=O) groups is 2. The Balaban J connectivity index is 1.53. The summed E-state index contributed by atoms with van der Waals surface area (Å²) in [7, 11) is 0. The van der Waals surface area contributed by atoms with Gasteiger partial charge in [0.15, 0.2) is 0 Å². The number of cyclic esters (lactones) is 2. The van der Waals surface area contributed by atoms with Crippen molar-refractivity contribution < 1.29 is 14.3 Å². The van der Waals surface area contributed by atoms with Crippen LogP contribution in [0.25, 0.3) is 10.8 Å². The van der Waals surface area contributed by atoms with Crippen LogP contribution in [0, 0.1) is 0 Å². The largest absolute Gasteiger partial charge is 0.386 e. The van der Waals surface area contributed by atoms with Crippen molar-refractivity contribution in [1.29, 1.82) is 0 Å². The molecule has 1 atom stereocenters. The van der Waals surface area contributed by atoms with Crippen LogP contribution in [-0.4, -0.2) is 17.7 Å². The van der Waals surface area contributed by atoms with E-state index in [4.69, 9.17) is 9.84 Å². The maximum atomic E-state index is 12.3. The third-order valence-electron chi connectivity index (χ3n) is 6.09. The van der Waals surface area contributed by atoms with Gasteiger partial charge in [-0.15, -0.1) is 0 Å². The number of esters is 2. The maximum absolute atomic E-state index is 12.3. The van der Waals surface area contributed by atoms with Gasteiger partial charge >= 0.3 is 11.9 Å². The van der Waals surface area contributed by atoms with E-state index in [0.29, 0.717) is 22.9 Å². The molecule has 0 amide bonds. The van der Waals surface area contributed by atoms with Crippen LogP contribution in [0.2, 0.25) is 0 Å². The standard InChI is InChI=1S/C27H18N2O3/c30-26-21-13-7-12-20-19(14-15-22(25(20)21)27(31)32-26)23-16-24(17-8-3-1-4-9-17)29(28-23)18-10-5-2-6-11-18/h1-15,24H,16H2/t24-/m0/s1. The molecule has 2 aliphatic rings. The molecule has 154 valence electrons. The summed E-state index contributed by atoms with van der Waals surface area (Å²) in [6.45, 7) is 0. The Labute approximate surface area is 184 Å². The van der Waals surface area contributed by atoms with Crippen molar-refractivity contribution in [1.82, 2.24) is 0 Å². The molecule has 4 aromatic rings. The van der Waals surface area contributed by atoms with Crippen molar-refractivity contribution in [3.63, 3.8) is 0 Å². The molecule has 32 heavy (non-hydrogen) atoms. The van der Waals surface area contributed by atoms with Crippen LogP contribution < -0.4 is 5.01 Å². The predicted octanol–water partition coefficient (Wildman–Crippen LogP) is 5.51. The lowest BCUT2D eigenvalue weighted by Crippen LogP contribution is -2.20. The number of anilines is 1. The van der Waals surface area contributed by atoms with Crippen molar-refractivity contribution >= 4 is 34.1 Å². The van der Waals surface area contributed by atoms with E-state index in [-0.39, 0.29) is 6.04 Å². The third-order valence-corrected chi connectivity index (χ3v) is 6.09. The summed E-state index contributed by atoms with van der Waals surface area (Å²) in [4.78, 5) is 24.6. The lowest BCUT2D eigenvalue weighted by molar-refractivity contribution is 0.0391. The second kappa shape index (κ2) is 7.17. The molecule has 0 unspecified atom stereocenters. The summed E-state index contributed by atoms with van der Waals surface area (Å²) in [6.07, 6.45) is 0.704. The average Bonchev–Trinajstić information content (AvgIpc) is 3.28. The molecule has 0 spiro atoms. The van der Waals surface area contributed by atoms with Crippen LogP contribution in [0.15, 0.2) is 96.1 Å². The Kier molecular flexibility index (Phi) is 4.15. The number of hydrogen-bond acceptors (Lipinski definition) is 5. The van der Waals surface area contributed by atoms with E-state index in [0.717, 1.165) is 22.3 Å². The van der Waals surface area contributed by atoms with E-state index in [1.807, 2.05) is 54.6 Å². The molecule has 0 saturated heterocycles. The van der Waals surface area contributed by atoms with Crippen LogP contribution in [-0.2, 0) is 4.74 Å². The molecule has 5 heteroatoms. The van der Waals surface area contributed by atoms with Crippen molar-refractivity contribution in [2.24, 2.45) is 5.10 Å². The maximum Gasteiger partial charge on any atom is 0.346 e. The van der Waals surface area contributed by atoms with Crippen LogP contribution in [0.4, 0.5) is 5.69 Å². The molecule has 0 aromatic heterocycles. The summed E-state index contributed by atoms with van der Waals surface area (Å²) in [5.41, 5.74) is 4.86. The summed E-state index contributed by atoms with van der Waals surface area (Å²) in [5, 5.41) is 8.56. The first-order valence-electron chi connectivity index (χ1n) is 10.5. The third kappa shape index (κ3) is 2.82. The Bertz CT molecular complexity index is 1390. The van der Waals surface area contributed by atoms with Gasteiger partial charge in [0.2, 0.25) is 0 Å². The van der Waals surface area contributed by atoms with E-state index in [1.165, 1.54) is 5.56 Å². The number of ether oxygens (including phenoxy) is 1. The van der Waals surface area contributed by atoms with E-state index >= 15 is 0 Å². The summed E-state index contributed by atoms with van der Waals surface area (Å²) < 4.78 is 4.90.